The maximum Gasteiger partial charge on any atom is 0.310 e. The van der Waals surface area contributed by atoms with Crippen LogP contribution in [0.4, 0.5) is 5.69 Å². The van der Waals surface area contributed by atoms with Crippen molar-refractivity contribution in [1.29, 1.82) is 0 Å². The van der Waals surface area contributed by atoms with Gasteiger partial charge in [-0.15, -0.1) is 0 Å². The first-order chi connectivity index (χ1) is 13.1. The highest BCUT2D eigenvalue weighted by Gasteiger charge is 2.67. The van der Waals surface area contributed by atoms with E-state index in [9.17, 15) is 14.7 Å². The van der Waals surface area contributed by atoms with Crippen LogP contribution in [0.1, 0.15) is 0 Å². The summed E-state index contributed by atoms with van der Waals surface area (Å²) < 4.78 is 11.7. The molecule has 2 fully saturated rings. The molecule has 27 heavy (non-hydrogen) atoms. The smallest absolute Gasteiger partial charge is 0.310 e. The Morgan fingerprint density at radius 2 is 1.81 bits per heavy atom. The van der Waals surface area contributed by atoms with Gasteiger partial charge < -0.3 is 19.5 Å². The van der Waals surface area contributed by atoms with Crippen molar-refractivity contribution in [2.24, 2.45) is 11.8 Å². The highest BCUT2D eigenvalue weighted by molar-refractivity contribution is 6.02. The van der Waals surface area contributed by atoms with Crippen molar-refractivity contribution < 1.29 is 24.2 Å². The number of rotatable bonds is 4. The number of hydrogen-bond acceptors (Lipinski definition) is 4. The monoisotopic (exact) mass is 363 g/mol. The van der Waals surface area contributed by atoms with E-state index in [0.717, 1.165) is 5.75 Å². The fraction of sp³-hybridized carbons (Fsp3) is 0.238. The second-order valence-electron chi connectivity index (χ2n) is 7.07. The van der Waals surface area contributed by atoms with Gasteiger partial charge in [-0.3, -0.25) is 9.59 Å². The minimum absolute atomic E-state index is 0.203. The van der Waals surface area contributed by atoms with Crippen LogP contribution in [0.5, 0.6) is 11.5 Å². The third-order valence-electron chi connectivity index (χ3n) is 5.51. The molecule has 4 atom stereocenters. The molecule has 6 nitrogen and oxygen atoms in total. The van der Waals surface area contributed by atoms with Crippen molar-refractivity contribution in [2.75, 3.05) is 11.4 Å². The number of carboxylic acid groups (broad SMARTS) is 1. The molecule has 0 aromatic heterocycles. The maximum absolute atomic E-state index is 13.0. The molecule has 136 valence electrons. The Morgan fingerprint density at radius 3 is 2.52 bits per heavy atom. The van der Waals surface area contributed by atoms with E-state index in [-0.39, 0.29) is 5.91 Å². The van der Waals surface area contributed by atoms with Gasteiger partial charge in [-0.25, -0.2) is 0 Å². The lowest BCUT2D eigenvalue weighted by atomic mass is 9.77. The van der Waals surface area contributed by atoms with E-state index in [1.807, 2.05) is 36.4 Å². The number of ether oxygens (including phenoxy) is 2. The molecule has 0 aliphatic carbocycles. The molecule has 2 bridgehead atoms. The van der Waals surface area contributed by atoms with Gasteiger partial charge in [0.2, 0.25) is 5.91 Å². The number of aliphatic carboxylic acids is 1. The lowest BCUT2D eigenvalue weighted by Gasteiger charge is -2.21. The Hall–Kier alpha value is -3.12. The SMILES string of the molecule is O=C(O)[C@@H]1[C@H]2C(=O)N(c3ccc(Oc4ccccc4)cc3)C[C@@]23C=C[C@H]1O3. The largest absolute Gasteiger partial charge is 0.481 e. The van der Waals surface area contributed by atoms with Gasteiger partial charge in [0.25, 0.3) is 0 Å². The summed E-state index contributed by atoms with van der Waals surface area (Å²) in [6.07, 6.45) is 3.11. The zero-order valence-electron chi connectivity index (χ0n) is 14.3. The molecule has 2 aromatic rings. The number of amides is 1. The van der Waals surface area contributed by atoms with E-state index < -0.39 is 29.5 Å². The first kappa shape index (κ1) is 16.1. The van der Waals surface area contributed by atoms with E-state index in [1.165, 1.54) is 0 Å². The molecule has 6 heteroatoms. The summed E-state index contributed by atoms with van der Waals surface area (Å²) >= 11 is 0. The molecule has 2 saturated heterocycles. The summed E-state index contributed by atoms with van der Waals surface area (Å²) in [5.41, 5.74) is -0.127. The summed E-state index contributed by atoms with van der Waals surface area (Å²) in [7, 11) is 0. The van der Waals surface area contributed by atoms with Crippen LogP contribution in [0.3, 0.4) is 0 Å². The van der Waals surface area contributed by atoms with Gasteiger partial charge in [0.15, 0.2) is 0 Å². The first-order valence-corrected chi connectivity index (χ1v) is 8.82. The van der Waals surface area contributed by atoms with Crippen LogP contribution < -0.4 is 9.64 Å². The lowest BCUT2D eigenvalue weighted by Crippen LogP contribution is -2.39. The van der Waals surface area contributed by atoms with Crippen LogP contribution in [0.25, 0.3) is 0 Å². The summed E-state index contributed by atoms with van der Waals surface area (Å²) in [6, 6.07) is 16.6. The number of carboxylic acids is 1. The van der Waals surface area contributed by atoms with Crippen molar-refractivity contribution in [1.82, 2.24) is 0 Å². The Labute approximate surface area is 155 Å². The Kier molecular flexibility index (Phi) is 3.39. The number of para-hydroxylation sites is 1. The van der Waals surface area contributed by atoms with Gasteiger partial charge in [0.1, 0.15) is 23.0 Å². The van der Waals surface area contributed by atoms with Crippen LogP contribution in [-0.4, -0.2) is 35.2 Å². The average Bonchev–Trinajstić information content (AvgIpc) is 3.31. The van der Waals surface area contributed by atoms with Crippen LogP contribution >= 0.6 is 0 Å². The molecule has 1 amide bonds. The van der Waals surface area contributed by atoms with Gasteiger partial charge in [-0.1, -0.05) is 30.4 Å². The summed E-state index contributed by atoms with van der Waals surface area (Å²) in [5.74, 6) is -1.30. The predicted octanol–water partition coefficient (Wildman–Crippen LogP) is 2.85. The van der Waals surface area contributed by atoms with Crippen LogP contribution in [-0.2, 0) is 14.3 Å². The standard InChI is InChI=1S/C21H17NO5/c23-19-18-17(20(24)25)16-10-11-21(18,27-16)12-22(19)13-6-8-15(9-7-13)26-14-4-2-1-3-5-14/h1-11,16-18H,12H2,(H,24,25)/t16-,17+,18+,21+/m1/s1. The first-order valence-electron chi connectivity index (χ1n) is 8.82. The second-order valence-corrected chi connectivity index (χ2v) is 7.07. The third kappa shape index (κ3) is 2.37. The van der Waals surface area contributed by atoms with Gasteiger partial charge in [0.05, 0.1) is 18.6 Å². The number of carbonyl (C=O) groups excluding carboxylic acids is 1. The summed E-state index contributed by atoms with van der Waals surface area (Å²) in [6.45, 7) is 0.326. The van der Waals surface area contributed by atoms with Crippen LogP contribution in [0.15, 0.2) is 66.7 Å². The molecule has 1 N–H and O–H groups in total. The summed E-state index contributed by atoms with van der Waals surface area (Å²) in [4.78, 5) is 26.2. The second kappa shape index (κ2) is 5.69. The highest BCUT2D eigenvalue weighted by Crippen LogP contribution is 2.52. The van der Waals surface area contributed by atoms with Crippen LogP contribution in [0.2, 0.25) is 0 Å². The number of carbonyl (C=O) groups is 2. The van der Waals surface area contributed by atoms with Gasteiger partial charge in [-0.2, -0.15) is 0 Å². The van der Waals surface area contributed by atoms with Crippen LogP contribution in [0, 0.1) is 11.8 Å². The molecule has 2 aromatic carbocycles. The van der Waals surface area contributed by atoms with E-state index in [2.05, 4.69) is 0 Å². The number of benzene rings is 2. The zero-order valence-corrected chi connectivity index (χ0v) is 14.3. The van der Waals surface area contributed by atoms with Crippen molar-refractivity contribution in [3.8, 4) is 11.5 Å². The van der Waals surface area contributed by atoms with Crippen molar-refractivity contribution in [3.63, 3.8) is 0 Å². The highest BCUT2D eigenvalue weighted by atomic mass is 16.5. The fourth-order valence-electron chi connectivity index (χ4n) is 4.32. The molecule has 3 heterocycles. The van der Waals surface area contributed by atoms with Gasteiger partial charge in [0, 0.05) is 5.69 Å². The normalized spacial score (nSPS) is 30.6. The molecule has 0 unspecified atom stereocenters. The van der Waals surface area contributed by atoms with Crippen molar-refractivity contribution in [3.05, 3.63) is 66.7 Å². The molecule has 3 aliphatic heterocycles. The number of fused-ring (bicyclic) bond motifs is 1. The Bertz CT molecular complexity index is 939. The Balaban J connectivity index is 1.39. The van der Waals surface area contributed by atoms with Gasteiger partial charge in [-0.05, 0) is 36.4 Å². The minimum atomic E-state index is -0.988. The minimum Gasteiger partial charge on any atom is -0.481 e. The molecular weight excluding hydrogens is 346 g/mol. The molecule has 5 rings (SSSR count). The van der Waals surface area contributed by atoms with Crippen molar-refractivity contribution in [2.45, 2.75) is 11.7 Å². The fourth-order valence-corrected chi connectivity index (χ4v) is 4.32. The molecule has 1 spiro atoms. The quantitative estimate of drug-likeness (QED) is 0.846. The molecule has 0 saturated carbocycles. The Morgan fingerprint density at radius 1 is 1.11 bits per heavy atom. The molecule has 0 radical (unpaired) electrons. The predicted molar refractivity (Wildman–Crippen MR) is 96.7 cm³/mol. The lowest BCUT2D eigenvalue weighted by molar-refractivity contribution is -0.146. The molecular formula is C21H17NO5. The van der Waals surface area contributed by atoms with E-state index in [1.54, 1.807) is 35.2 Å². The third-order valence-corrected chi connectivity index (χ3v) is 5.51. The van der Waals surface area contributed by atoms with E-state index in [4.69, 9.17) is 9.47 Å². The van der Waals surface area contributed by atoms with Crippen molar-refractivity contribution >= 4 is 17.6 Å². The van der Waals surface area contributed by atoms with E-state index >= 15 is 0 Å². The maximum atomic E-state index is 13.0. The van der Waals surface area contributed by atoms with E-state index in [0.29, 0.717) is 18.0 Å². The summed E-state index contributed by atoms with van der Waals surface area (Å²) in [5, 5.41) is 9.53. The number of nitrogens with zero attached hydrogens (tertiary/aromatic N) is 1. The van der Waals surface area contributed by atoms with Gasteiger partial charge >= 0.3 is 5.97 Å². The number of anilines is 1. The topological polar surface area (TPSA) is 76.1 Å². The zero-order chi connectivity index (χ0) is 18.6. The number of hydrogen-bond donors (Lipinski definition) is 1. The molecule has 3 aliphatic rings. The average molecular weight is 363 g/mol.